The molecule has 2 aliphatic rings. The number of aryl methyl sites for hydroxylation is 1. The third-order valence-electron chi connectivity index (χ3n) is 4.31. The van der Waals surface area contributed by atoms with Gasteiger partial charge in [-0.2, -0.15) is 0 Å². The van der Waals surface area contributed by atoms with E-state index in [2.05, 4.69) is 17.4 Å². The Labute approximate surface area is 109 Å². The molecule has 0 bridgehead atoms. The van der Waals surface area contributed by atoms with Crippen molar-refractivity contribution >= 4 is 11.5 Å². The predicted octanol–water partition coefficient (Wildman–Crippen LogP) is 3.81. The summed E-state index contributed by atoms with van der Waals surface area (Å²) in [6, 6.07) is 6.18. The van der Waals surface area contributed by atoms with E-state index in [9.17, 15) is 4.79 Å². The Morgan fingerprint density at radius 3 is 2.89 bits per heavy atom. The van der Waals surface area contributed by atoms with Crippen molar-refractivity contribution in [2.75, 3.05) is 11.9 Å². The van der Waals surface area contributed by atoms with E-state index in [0.29, 0.717) is 11.7 Å². The van der Waals surface area contributed by atoms with Crippen molar-refractivity contribution in [1.29, 1.82) is 0 Å². The lowest BCUT2D eigenvalue weighted by molar-refractivity contribution is 0.0962. The molecule has 3 rings (SSSR count). The van der Waals surface area contributed by atoms with E-state index in [4.69, 9.17) is 0 Å². The number of nitrogens with one attached hydrogen (secondary N) is 1. The summed E-state index contributed by atoms with van der Waals surface area (Å²) >= 11 is 0. The molecule has 18 heavy (non-hydrogen) atoms. The van der Waals surface area contributed by atoms with Crippen LogP contribution in [0, 0.1) is 5.92 Å². The molecule has 1 saturated carbocycles. The summed E-state index contributed by atoms with van der Waals surface area (Å²) in [7, 11) is 0. The smallest absolute Gasteiger partial charge is 0.163 e. The second-order valence-corrected chi connectivity index (χ2v) is 5.68. The van der Waals surface area contributed by atoms with Gasteiger partial charge in [0.1, 0.15) is 0 Å². The van der Waals surface area contributed by atoms with Crippen LogP contribution in [0.2, 0.25) is 0 Å². The fourth-order valence-corrected chi connectivity index (χ4v) is 3.24. The minimum Gasteiger partial charge on any atom is -0.385 e. The molecule has 2 heteroatoms. The number of Topliss-reactive ketones (excluding diaryl/α,β-unsaturated/α-hetero) is 1. The van der Waals surface area contributed by atoms with Crippen LogP contribution in [0.3, 0.4) is 0 Å². The Bertz CT molecular complexity index is 446. The third-order valence-corrected chi connectivity index (χ3v) is 4.31. The van der Waals surface area contributed by atoms with Crippen molar-refractivity contribution in [3.63, 3.8) is 0 Å². The number of anilines is 1. The molecular formula is C16H21NO. The van der Waals surface area contributed by atoms with Crippen LogP contribution < -0.4 is 5.32 Å². The lowest BCUT2D eigenvalue weighted by Gasteiger charge is -2.18. The minimum absolute atomic E-state index is 0.343. The molecule has 0 saturated heterocycles. The van der Waals surface area contributed by atoms with Crippen LogP contribution in [0.1, 0.15) is 54.4 Å². The topological polar surface area (TPSA) is 29.1 Å². The van der Waals surface area contributed by atoms with Gasteiger partial charge in [0, 0.05) is 24.2 Å². The number of hydrogen-bond donors (Lipinski definition) is 1. The largest absolute Gasteiger partial charge is 0.385 e. The van der Waals surface area contributed by atoms with Gasteiger partial charge in [0.05, 0.1) is 0 Å². The third kappa shape index (κ3) is 2.43. The van der Waals surface area contributed by atoms with Crippen LogP contribution in [0.5, 0.6) is 0 Å². The Morgan fingerprint density at radius 1 is 1.22 bits per heavy atom. The lowest BCUT2D eigenvalue weighted by Crippen LogP contribution is -2.13. The molecule has 1 aliphatic carbocycles. The zero-order valence-electron chi connectivity index (χ0n) is 10.9. The molecule has 96 valence electrons. The number of carbonyl (C=O) groups is 1. The molecule has 0 atom stereocenters. The van der Waals surface area contributed by atoms with Gasteiger partial charge in [0.15, 0.2) is 5.78 Å². The van der Waals surface area contributed by atoms with Crippen LogP contribution in [0.15, 0.2) is 18.2 Å². The summed E-state index contributed by atoms with van der Waals surface area (Å²) in [5, 5.41) is 3.39. The molecule has 0 amide bonds. The summed E-state index contributed by atoms with van der Waals surface area (Å²) < 4.78 is 0. The van der Waals surface area contributed by atoms with Gasteiger partial charge >= 0.3 is 0 Å². The molecule has 0 spiro atoms. The van der Waals surface area contributed by atoms with Crippen LogP contribution in [-0.4, -0.2) is 12.3 Å². The van der Waals surface area contributed by atoms with E-state index >= 15 is 0 Å². The van der Waals surface area contributed by atoms with Gasteiger partial charge in [-0.3, -0.25) is 4.79 Å². The summed E-state index contributed by atoms with van der Waals surface area (Å²) in [5.74, 6) is 0.988. The summed E-state index contributed by atoms with van der Waals surface area (Å²) in [6.07, 6.45) is 8.15. The van der Waals surface area contributed by atoms with Crippen molar-refractivity contribution in [1.82, 2.24) is 0 Å². The highest BCUT2D eigenvalue weighted by Crippen LogP contribution is 2.30. The molecule has 0 unspecified atom stereocenters. The average molecular weight is 243 g/mol. The second kappa shape index (κ2) is 5.13. The number of ketones is 1. The first-order valence-electron chi connectivity index (χ1n) is 7.23. The number of carbonyl (C=O) groups excluding carboxylic acids is 1. The van der Waals surface area contributed by atoms with Crippen molar-refractivity contribution < 1.29 is 4.79 Å². The van der Waals surface area contributed by atoms with Gasteiger partial charge < -0.3 is 5.32 Å². The highest BCUT2D eigenvalue weighted by molar-refractivity contribution is 5.96. The van der Waals surface area contributed by atoms with E-state index in [1.165, 1.54) is 43.4 Å². The normalized spacial score (nSPS) is 19.3. The maximum atomic E-state index is 12.3. The van der Waals surface area contributed by atoms with E-state index in [1.807, 2.05) is 6.07 Å². The fourth-order valence-electron chi connectivity index (χ4n) is 3.24. The van der Waals surface area contributed by atoms with Gasteiger partial charge in [-0.15, -0.1) is 0 Å². The first-order chi connectivity index (χ1) is 8.83. The van der Waals surface area contributed by atoms with E-state index < -0.39 is 0 Å². The van der Waals surface area contributed by atoms with E-state index in [0.717, 1.165) is 24.9 Å². The predicted molar refractivity (Wildman–Crippen MR) is 74.2 cm³/mol. The molecule has 1 fully saturated rings. The van der Waals surface area contributed by atoms with Crippen molar-refractivity contribution in [2.45, 2.75) is 44.9 Å². The fraction of sp³-hybridized carbons (Fsp3) is 0.562. The Morgan fingerprint density at radius 2 is 2.06 bits per heavy atom. The second-order valence-electron chi connectivity index (χ2n) is 5.68. The van der Waals surface area contributed by atoms with Crippen LogP contribution in [-0.2, 0) is 6.42 Å². The van der Waals surface area contributed by atoms with Crippen molar-refractivity contribution in [3.8, 4) is 0 Å². The standard InChI is InChI=1S/C16H21NO/c18-16(10-12-4-1-2-5-12)14-7-8-15-13(11-14)6-3-9-17-15/h7-8,11-12,17H,1-6,9-10H2. The molecule has 2 nitrogen and oxygen atoms in total. The quantitative estimate of drug-likeness (QED) is 0.818. The van der Waals surface area contributed by atoms with Crippen molar-refractivity contribution in [2.24, 2.45) is 5.92 Å². The first kappa shape index (κ1) is 11.8. The Balaban J connectivity index is 1.73. The van der Waals surface area contributed by atoms with Gasteiger partial charge in [0.25, 0.3) is 0 Å². The Kier molecular flexibility index (Phi) is 3.35. The van der Waals surface area contributed by atoms with Gasteiger partial charge in [-0.1, -0.05) is 25.7 Å². The molecule has 1 aromatic rings. The molecule has 0 radical (unpaired) electrons. The SMILES string of the molecule is O=C(CC1CCCC1)c1ccc2c(c1)CCCN2. The zero-order chi connectivity index (χ0) is 12.4. The highest BCUT2D eigenvalue weighted by Gasteiger charge is 2.20. The van der Waals surface area contributed by atoms with Gasteiger partial charge in [0.2, 0.25) is 0 Å². The molecule has 1 aromatic carbocycles. The maximum Gasteiger partial charge on any atom is 0.163 e. The Hall–Kier alpha value is -1.31. The summed E-state index contributed by atoms with van der Waals surface area (Å²) in [5.41, 5.74) is 3.46. The maximum absolute atomic E-state index is 12.3. The minimum atomic E-state index is 0.343. The van der Waals surface area contributed by atoms with Gasteiger partial charge in [-0.05, 0) is 42.5 Å². The number of rotatable bonds is 3. The number of fused-ring (bicyclic) bond motifs is 1. The summed E-state index contributed by atoms with van der Waals surface area (Å²) in [6.45, 7) is 1.06. The average Bonchev–Trinajstić information content (AvgIpc) is 2.91. The highest BCUT2D eigenvalue weighted by atomic mass is 16.1. The molecular weight excluding hydrogens is 222 g/mol. The van der Waals surface area contributed by atoms with Crippen LogP contribution >= 0.6 is 0 Å². The molecule has 1 heterocycles. The van der Waals surface area contributed by atoms with Gasteiger partial charge in [-0.25, -0.2) is 0 Å². The number of benzene rings is 1. The van der Waals surface area contributed by atoms with Crippen LogP contribution in [0.25, 0.3) is 0 Å². The molecule has 1 N–H and O–H groups in total. The van der Waals surface area contributed by atoms with E-state index in [-0.39, 0.29) is 0 Å². The molecule has 1 aliphatic heterocycles. The monoisotopic (exact) mass is 243 g/mol. The summed E-state index contributed by atoms with van der Waals surface area (Å²) in [4.78, 5) is 12.3. The lowest BCUT2D eigenvalue weighted by atomic mass is 9.94. The first-order valence-corrected chi connectivity index (χ1v) is 7.23. The molecule has 0 aromatic heterocycles. The van der Waals surface area contributed by atoms with Crippen molar-refractivity contribution in [3.05, 3.63) is 29.3 Å². The number of hydrogen-bond acceptors (Lipinski definition) is 2. The zero-order valence-corrected chi connectivity index (χ0v) is 10.9. The van der Waals surface area contributed by atoms with E-state index in [1.54, 1.807) is 0 Å². The van der Waals surface area contributed by atoms with Crippen LogP contribution in [0.4, 0.5) is 5.69 Å².